The van der Waals surface area contributed by atoms with Crippen LogP contribution in [0.5, 0.6) is 0 Å². The molecule has 0 aromatic rings. The van der Waals surface area contributed by atoms with Crippen molar-refractivity contribution < 1.29 is 4.21 Å². The fourth-order valence-electron chi connectivity index (χ4n) is 2.84. The standard InChI is InChI=1S/C15H27NOS/c1-4-6-13-7-8-14(10-16)15(9-13)18(17)11-12(3)5-2/h12-15H,4-9,11H2,1-3H3. The summed E-state index contributed by atoms with van der Waals surface area (Å²) in [6, 6.07) is 2.40. The maximum absolute atomic E-state index is 12.4. The lowest BCUT2D eigenvalue weighted by Crippen LogP contribution is -2.34. The third kappa shape index (κ3) is 4.39. The quantitative estimate of drug-likeness (QED) is 0.734. The average molecular weight is 269 g/mol. The summed E-state index contributed by atoms with van der Waals surface area (Å²) in [5.41, 5.74) is 0. The second-order valence-electron chi connectivity index (χ2n) is 5.80. The molecule has 0 aromatic carbocycles. The Bertz CT molecular complexity index is 310. The van der Waals surface area contributed by atoms with Crippen molar-refractivity contribution >= 4 is 10.8 Å². The number of nitrogens with zero attached hydrogens (tertiary/aromatic N) is 1. The predicted octanol–water partition coefficient (Wildman–Crippen LogP) is 3.89. The Labute approximate surface area is 115 Å². The minimum atomic E-state index is -0.813. The van der Waals surface area contributed by atoms with E-state index >= 15 is 0 Å². The molecule has 0 bridgehead atoms. The molecule has 3 heteroatoms. The van der Waals surface area contributed by atoms with Crippen LogP contribution in [0.25, 0.3) is 0 Å². The SMILES string of the molecule is CCCC1CCC(C#N)C(S(=O)CC(C)CC)C1. The smallest absolute Gasteiger partial charge is 0.0668 e. The van der Waals surface area contributed by atoms with Crippen LogP contribution in [-0.2, 0) is 10.8 Å². The number of hydrogen-bond acceptors (Lipinski definition) is 2. The van der Waals surface area contributed by atoms with E-state index in [9.17, 15) is 9.47 Å². The molecule has 1 saturated carbocycles. The molecule has 0 heterocycles. The van der Waals surface area contributed by atoms with E-state index in [4.69, 9.17) is 0 Å². The first-order valence-corrected chi connectivity index (χ1v) is 8.77. The van der Waals surface area contributed by atoms with Gasteiger partial charge in [-0.3, -0.25) is 4.21 Å². The van der Waals surface area contributed by atoms with Gasteiger partial charge in [-0.1, -0.05) is 40.0 Å². The van der Waals surface area contributed by atoms with Crippen LogP contribution in [0.3, 0.4) is 0 Å². The van der Waals surface area contributed by atoms with Gasteiger partial charge in [-0.15, -0.1) is 0 Å². The van der Waals surface area contributed by atoms with Crippen molar-refractivity contribution in [2.45, 2.75) is 64.5 Å². The van der Waals surface area contributed by atoms with Gasteiger partial charge in [-0.05, 0) is 31.1 Å². The molecule has 0 aliphatic heterocycles. The molecule has 1 aliphatic carbocycles. The normalized spacial score (nSPS) is 31.6. The molecule has 1 fully saturated rings. The molecule has 0 aromatic heterocycles. The third-order valence-corrected chi connectivity index (χ3v) is 6.34. The van der Waals surface area contributed by atoms with Crippen LogP contribution in [0, 0.1) is 29.1 Å². The van der Waals surface area contributed by atoms with Gasteiger partial charge in [0.05, 0.1) is 17.2 Å². The monoisotopic (exact) mass is 269 g/mol. The average Bonchev–Trinajstić information content (AvgIpc) is 2.38. The van der Waals surface area contributed by atoms with Crippen LogP contribution >= 0.6 is 0 Å². The molecule has 0 radical (unpaired) electrons. The maximum atomic E-state index is 12.4. The highest BCUT2D eigenvalue weighted by Crippen LogP contribution is 2.34. The summed E-state index contributed by atoms with van der Waals surface area (Å²) in [6.45, 7) is 6.51. The summed E-state index contributed by atoms with van der Waals surface area (Å²) < 4.78 is 12.4. The van der Waals surface area contributed by atoms with Crippen molar-refractivity contribution in [3.63, 3.8) is 0 Å². The van der Waals surface area contributed by atoms with Crippen molar-refractivity contribution in [2.24, 2.45) is 17.8 Å². The number of nitriles is 1. The number of rotatable bonds is 6. The summed E-state index contributed by atoms with van der Waals surface area (Å²) in [5.74, 6) is 2.02. The Hall–Kier alpha value is -0.360. The van der Waals surface area contributed by atoms with Crippen LogP contribution in [0.15, 0.2) is 0 Å². The first kappa shape index (κ1) is 15.7. The van der Waals surface area contributed by atoms with Gasteiger partial charge in [0, 0.05) is 16.6 Å². The summed E-state index contributed by atoms with van der Waals surface area (Å²) in [6.07, 6.45) is 6.63. The summed E-state index contributed by atoms with van der Waals surface area (Å²) in [5, 5.41) is 9.37. The molecule has 0 spiro atoms. The Morgan fingerprint density at radius 1 is 1.39 bits per heavy atom. The Kier molecular flexibility index (Phi) is 6.92. The summed E-state index contributed by atoms with van der Waals surface area (Å²) >= 11 is 0. The van der Waals surface area contributed by atoms with Gasteiger partial charge >= 0.3 is 0 Å². The van der Waals surface area contributed by atoms with Crippen LogP contribution in [0.1, 0.15) is 59.3 Å². The highest BCUT2D eigenvalue weighted by atomic mass is 32.2. The fourth-order valence-corrected chi connectivity index (χ4v) is 4.94. The molecule has 0 amide bonds. The molecule has 104 valence electrons. The van der Waals surface area contributed by atoms with Gasteiger partial charge in [-0.2, -0.15) is 5.26 Å². The van der Waals surface area contributed by atoms with Gasteiger partial charge < -0.3 is 0 Å². The van der Waals surface area contributed by atoms with Gasteiger partial charge in [0.2, 0.25) is 0 Å². The van der Waals surface area contributed by atoms with Crippen molar-refractivity contribution in [1.82, 2.24) is 0 Å². The predicted molar refractivity (Wildman–Crippen MR) is 77.6 cm³/mol. The highest BCUT2D eigenvalue weighted by Gasteiger charge is 2.34. The minimum Gasteiger partial charge on any atom is -0.259 e. The summed E-state index contributed by atoms with van der Waals surface area (Å²) in [7, 11) is -0.813. The second-order valence-corrected chi connectivity index (χ2v) is 7.50. The second kappa shape index (κ2) is 7.94. The fraction of sp³-hybridized carbons (Fsp3) is 0.933. The van der Waals surface area contributed by atoms with Crippen molar-refractivity contribution in [1.29, 1.82) is 5.26 Å². The highest BCUT2D eigenvalue weighted by molar-refractivity contribution is 7.85. The van der Waals surface area contributed by atoms with Crippen molar-refractivity contribution in [2.75, 3.05) is 5.75 Å². The van der Waals surface area contributed by atoms with E-state index in [2.05, 4.69) is 26.8 Å². The van der Waals surface area contributed by atoms with E-state index < -0.39 is 10.8 Å². The van der Waals surface area contributed by atoms with Crippen molar-refractivity contribution in [3.8, 4) is 6.07 Å². The van der Waals surface area contributed by atoms with E-state index in [1.807, 2.05) is 0 Å². The molecule has 2 nitrogen and oxygen atoms in total. The topological polar surface area (TPSA) is 40.9 Å². The van der Waals surface area contributed by atoms with Gasteiger partial charge in [0.25, 0.3) is 0 Å². The van der Waals surface area contributed by atoms with E-state index in [0.29, 0.717) is 11.8 Å². The zero-order valence-corrected chi connectivity index (χ0v) is 12.8. The Morgan fingerprint density at radius 2 is 2.11 bits per heavy atom. The molecule has 0 saturated heterocycles. The molecule has 18 heavy (non-hydrogen) atoms. The van der Waals surface area contributed by atoms with Gasteiger partial charge in [0.1, 0.15) is 0 Å². The van der Waals surface area contributed by atoms with E-state index in [1.165, 1.54) is 12.8 Å². The van der Waals surface area contributed by atoms with Crippen molar-refractivity contribution in [3.05, 3.63) is 0 Å². The van der Waals surface area contributed by atoms with E-state index in [0.717, 1.165) is 31.4 Å². The maximum Gasteiger partial charge on any atom is 0.0668 e. The van der Waals surface area contributed by atoms with Gasteiger partial charge in [-0.25, -0.2) is 0 Å². The van der Waals surface area contributed by atoms with Crippen LogP contribution in [-0.4, -0.2) is 15.2 Å². The zero-order valence-electron chi connectivity index (χ0n) is 12.0. The zero-order chi connectivity index (χ0) is 13.5. The first-order chi connectivity index (χ1) is 8.62. The molecule has 5 atom stereocenters. The Balaban J connectivity index is 2.62. The third-order valence-electron chi connectivity index (χ3n) is 4.25. The van der Waals surface area contributed by atoms with Gasteiger partial charge in [0.15, 0.2) is 0 Å². The Morgan fingerprint density at radius 3 is 2.67 bits per heavy atom. The molecule has 1 rings (SSSR count). The van der Waals surface area contributed by atoms with Crippen LogP contribution in [0.2, 0.25) is 0 Å². The summed E-state index contributed by atoms with van der Waals surface area (Å²) in [4.78, 5) is 0. The first-order valence-electron chi connectivity index (χ1n) is 7.39. The molecule has 1 aliphatic rings. The molecule has 5 unspecified atom stereocenters. The van der Waals surface area contributed by atoms with Crippen LogP contribution < -0.4 is 0 Å². The molecule has 0 N–H and O–H groups in total. The lowest BCUT2D eigenvalue weighted by atomic mass is 9.80. The van der Waals surface area contributed by atoms with E-state index in [-0.39, 0.29) is 11.2 Å². The van der Waals surface area contributed by atoms with Crippen LogP contribution in [0.4, 0.5) is 0 Å². The lowest BCUT2D eigenvalue weighted by molar-refractivity contribution is 0.303. The molecular formula is C15H27NOS. The molecular weight excluding hydrogens is 242 g/mol. The largest absolute Gasteiger partial charge is 0.259 e. The lowest BCUT2D eigenvalue weighted by Gasteiger charge is -2.32. The minimum absolute atomic E-state index is 0.0306. The number of hydrogen-bond donors (Lipinski definition) is 0. The van der Waals surface area contributed by atoms with E-state index in [1.54, 1.807) is 0 Å².